The van der Waals surface area contributed by atoms with Crippen LogP contribution >= 0.6 is 11.8 Å². The standard InChI is InChI=1S/C13H18N2OS/c1-17-9-6-13(16)15-8-7-14-10-11-4-2-3-5-12(11)15/h2-5,14H,6-10H2,1H3. The van der Waals surface area contributed by atoms with Gasteiger partial charge in [-0.2, -0.15) is 11.8 Å². The molecule has 0 fully saturated rings. The predicted molar refractivity (Wildman–Crippen MR) is 73.5 cm³/mol. The Morgan fingerprint density at radius 2 is 2.29 bits per heavy atom. The Morgan fingerprint density at radius 1 is 1.47 bits per heavy atom. The van der Waals surface area contributed by atoms with Crippen molar-refractivity contribution >= 4 is 23.4 Å². The maximum atomic E-state index is 12.2. The summed E-state index contributed by atoms with van der Waals surface area (Å²) in [7, 11) is 0. The number of thioether (sulfide) groups is 1. The van der Waals surface area contributed by atoms with Crippen LogP contribution in [0, 0.1) is 0 Å². The van der Waals surface area contributed by atoms with E-state index >= 15 is 0 Å². The van der Waals surface area contributed by atoms with Crippen molar-refractivity contribution in [1.82, 2.24) is 5.32 Å². The molecule has 0 saturated heterocycles. The highest BCUT2D eigenvalue weighted by atomic mass is 32.2. The van der Waals surface area contributed by atoms with Gasteiger partial charge in [-0.3, -0.25) is 4.79 Å². The van der Waals surface area contributed by atoms with E-state index in [0.29, 0.717) is 6.42 Å². The van der Waals surface area contributed by atoms with Crippen LogP contribution in [0.2, 0.25) is 0 Å². The first-order valence-electron chi connectivity index (χ1n) is 5.91. The number of carbonyl (C=O) groups excluding carboxylic acids is 1. The minimum absolute atomic E-state index is 0.232. The molecular weight excluding hydrogens is 232 g/mol. The second kappa shape index (κ2) is 6.07. The zero-order valence-corrected chi connectivity index (χ0v) is 10.9. The van der Waals surface area contributed by atoms with E-state index in [4.69, 9.17) is 0 Å². The third-order valence-corrected chi connectivity index (χ3v) is 3.54. The smallest absolute Gasteiger partial charge is 0.227 e. The average molecular weight is 250 g/mol. The summed E-state index contributed by atoms with van der Waals surface area (Å²) in [5.74, 6) is 1.13. The lowest BCUT2D eigenvalue weighted by Crippen LogP contribution is -2.34. The van der Waals surface area contributed by atoms with Gasteiger partial charge in [0.25, 0.3) is 0 Å². The second-order valence-corrected chi connectivity index (χ2v) is 5.08. The van der Waals surface area contributed by atoms with E-state index in [1.807, 2.05) is 29.4 Å². The van der Waals surface area contributed by atoms with E-state index < -0.39 is 0 Å². The van der Waals surface area contributed by atoms with Crippen molar-refractivity contribution in [2.45, 2.75) is 13.0 Å². The molecule has 1 aromatic rings. The van der Waals surface area contributed by atoms with Crippen molar-refractivity contribution in [3.8, 4) is 0 Å². The van der Waals surface area contributed by atoms with Crippen molar-refractivity contribution in [3.05, 3.63) is 29.8 Å². The molecule has 0 aromatic heterocycles. The summed E-state index contributed by atoms with van der Waals surface area (Å²) in [6.07, 6.45) is 2.65. The van der Waals surface area contributed by atoms with Gasteiger partial charge < -0.3 is 10.2 Å². The predicted octanol–water partition coefficient (Wildman–Crippen LogP) is 1.88. The number of nitrogens with one attached hydrogen (secondary N) is 1. The molecule has 2 rings (SSSR count). The lowest BCUT2D eigenvalue weighted by atomic mass is 10.1. The lowest BCUT2D eigenvalue weighted by Gasteiger charge is -2.22. The second-order valence-electron chi connectivity index (χ2n) is 4.09. The number of fused-ring (bicyclic) bond motifs is 1. The number of nitrogens with zero attached hydrogens (tertiary/aromatic N) is 1. The zero-order valence-electron chi connectivity index (χ0n) is 10.1. The van der Waals surface area contributed by atoms with E-state index in [0.717, 1.165) is 31.1 Å². The first kappa shape index (κ1) is 12.5. The van der Waals surface area contributed by atoms with E-state index in [1.165, 1.54) is 5.56 Å². The van der Waals surface area contributed by atoms with Crippen LogP contribution in [0.1, 0.15) is 12.0 Å². The molecule has 0 bridgehead atoms. The van der Waals surface area contributed by atoms with Gasteiger partial charge in [-0.15, -0.1) is 0 Å². The molecule has 1 aromatic carbocycles. The monoisotopic (exact) mass is 250 g/mol. The molecule has 3 nitrogen and oxygen atoms in total. The summed E-state index contributed by atoms with van der Waals surface area (Å²) in [6.45, 7) is 2.48. The number of hydrogen-bond donors (Lipinski definition) is 1. The fraction of sp³-hybridized carbons (Fsp3) is 0.462. The Labute approximate surface area is 107 Å². The van der Waals surface area contributed by atoms with Crippen molar-refractivity contribution in [1.29, 1.82) is 0 Å². The number of anilines is 1. The van der Waals surface area contributed by atoms with Crippen molar-refractivity contribution in [3.63, 3.8) is 0 Å². The van der Waals surface area contributed by atoms with Crippen LogP contribution in [0.25, 0.3) is 0 Å². The molecule has 1 heterocycles. The molecule has 92 valence electrons. The summed E-state index contributed by atoms with van der Waals surface area (Å²) >= 11 is 1.72. The van der Waals surface area contributed by atoms with E-state index in [1.54, 1.807) is 11.8 Å². The van der Waals surface area contributed by atoms with Crippen molar-refractivity contribution in [2.75, 3.05) is 30.0 Å². The molecule has 0 unspecified atom stereocenters. The normalized spacial score (nSPS) is 15.2. The van der Waals surface area contributed by atoms with E-state index in [2.05, 4.69) is 11.4 Å². The van der Waals surface area contributed by atoms with Gasteiger partial charge in [0.2, 0.25) is 5.91 Å². The van der Waals surface area contributed by atoms with E-state index in [-0.39, 0.29) is 5.91 Å². The Morgan fingerprint density at radius 3 is 3.12 bits per heavy atom. The molecule has 0 spiro atoms. The molecule has 1 N–H and O–H groups in total. The third-order valence-electron chi connectivity index (χ3n) is 2.93. The Kier molecular flexibility index (Phi) is 4.45. The first-order chi connectivity index (χ1) is 8.33. The van der Waals surface area contributed by atoms with Crippen LogP contribution in [0.15, 0.2) is 24.3 Å². The van der Waals surface area contributed by atoms with Gasteiger partial charge in [0.15, 0.2) is 0 Å². The number of rotatable bonds is 3. The number of para-hydroxylation sites is 1. The molecule has 0 saturated carbocycles. The summed E-state index contributed by atoms with van der Waals surface area (Å²) < 4.78 is 0. The molecule has 0 atom stereocenters. The molecule has 17 heavy (non-hydrogen) atoms. The SMILES string of the molecule is CSCCC(=O)N1CCNCc2ccccc21. The number of hydrogen-bond acceptors (Lipinski definition) is 3. The number of amides is 1. The van der Waals surface area contributed by atoms with Crippen LogP contribution in [0.5, 0.6) is 0 Å². The fourth-order valence-electron chi connectivity index (χ4n) is 2.04. The molecular formula is C13H18N2OS. The van der Waals surface area contributed by atoms with Crippen LogP contribution in [-0.4, -0.2) is 31.0 Å². The van der Waals surface area contributed by atoms with Gasteiger partial charge >= 0.3 is 0 Å². The summed E-state index contributed by atoms with van der Waals surface area (Å²) in [5, 5.41) is 3.35. The van der Waals surface area contributed by atoms with Gasteiger partial charge in [0.1, 0.15) is 0 Å². The molecule has 1 aliphatic rings. The lowest BCUT2D eigenvalue weighted by molar-refractivity contribution is -0.118. The van der Waals surface area contributed by atoms with Gasteiger partial charge in [0.05, 0.1) is 0 Å². The van der Waals surface area contributed by atoms with E-state index in [9.17, 15) is 4.79 Å². The topological polar surface area (TPSA) is 32.3 Å². The van der Waals surface area contributed by atoms with Gasteiger partial charge in [-0.05, 0) is 17.9 Å². The quantitative estimate of drug-likeness (QED) is 0.889. The molecule has 0 aliphatic carbocycles. The summed E-state index contributed by atoms with van der Waals surface area (Å²) in [6, 6.07) is 8.15. The van der Waals surface area contributed by atoms with Crippen LogP contribution < -0.4 is 10.2 Å². The van der Waals surface area contributed by atoms with Crippen LogP contribution in [-0.2, 0) is 11.3 Å². The van der Waals surface area contributed by atoms with Crippen molar-refractivity contribution < 1.29 is 4.79 Å². The van der Waals surface area contributed by atoms with Crippen LogP contribution in [0.4, 0.5) is 5.69 Å². The van der Waals surface area contributed by atoms with Crippen molar-refractivity contribution in [2.24, 2.45) is 0 Å². The van der Waals surface area contributed by atoms with Gasteiger partial charge in [0, 0.05) is 37.5 Å². The highest BCUT2D eigenvalue weighted by Crippen LogP contribution is 2.22. The molecule has 1 aliphatic heterocycles. The number of benzene rings is 1. The molecule has 1 amide bonds. The Hall–Kier alpha value is -1.00. The summed E-state index contributed by atoms with van der Waals surface area (Å²) in [5.41, 5.74) is 2.28. The Bertz CT molecular complexity index is 395. The molecule has 0 radical (unpaired) electrons. The maximum absolute atomic E-state index is 12.2. The van der Waals surface area contributed by atoms with Gasteiger partial charge in [-0.1, -0.05) is 18.2 Å². The maximum Gasteiger partial charge on any atom is 0.227 e. The minimum Gasteiger partial charge on any atom is -0.311 e. The third kappa shape index (κ3) is 3.01. The zero-order chi connectivity index (χ0) is 12.1. The first-order valence-corrected chi connectivity index (χ1v) is 7.30. The molecule has 4 heteroatoms. The average Bonchev–Trinajstić information content (AvgIpc) is 2.58. The minimum atomic E-state index is 0.232. The Balaban J connectivity index is 2.19. The highest BCUT2D eigenvalue weighted by molar-refractivity contribution is 7.98. The highest BCUT2D eigenvalue weighted by Gasteiger charge is 2.19. The fourth-order valence-corrected chi connectivity index (χ4v) is 2.42. The number of carbonyl (C=O) groups is 1. The van der Waals surface area contributed by atoms with Gasteiger partial charge in [-0.25, -0.2) is 0 Å². The van der Waals surface area contributed by atoms with Crippen LogP contribution in [0.3, 0.4) is 0 Å². The largest absolute Gasteiger partial charge is 0.311 e. The summed E-state index contributed by atoms with van der Waals surface area (Å²) in [4.78, 5) is 14.1.